The van der Waals surface area contributed by atoms with Crippen molar-refractivity contribution >= 4 is 28.1 Å². The first-order valence-corrected chi connectivity index (χ1v) is 10.0. The van der Waals surface area contributed by atoms with E-state index in [0.717, 1.165) is 36.3 Å². The lowest BCUT2D eigenvalue weighted by atomic mass is 9.98. The highest BCUT2D eigenvalue weighted by atomic mass is 16.5. The van der Waals surface area contributed by atoms with Crippen LogP contribution in [0.4, 0.5) is 5.69 Å². The Labute approximate surface area is 171 Å². The van der Waals surface area contributed by atoms with Gasteiger partial charge >= 0.3 is 0 Å². The summed E-state index contributed by atoms with van der Waals surface area (Å²) in [5, 5.41) is 4.29. The van der Waals surface area contributed by atoms with Crippen molar-refractivity contribution in [3.63, 3.8) is 0 Å². The fraction of sp³-hybridized carbons (Fsp3) is 0.292. The maximum absolute atomic E-state index is 12.8. The van der Waals surface area contributed by atoms with Crippen molar-refractivity contribution < 1.29 is 9.53 Å². The smallest absolute Gasteiger partial charge is 0.241 e. The molecule has 0 aliphatic carbocycles. The molecule has 0 fully saturated rings. The Morgan fingerprint density at radius 1 is 1.24 bits per heavy atom. The fourth-order valence-electron chi connectivity index (χ4n) is 3.94. The molecule has 0 saturated carbocycles. The molecule has 0 unspecified atom stereocenters. The lowest BCUT2D eigenvalue weighted by Gasteiger charge is -2.31. The van der Waals surface area contributed by atoms with E-state index in [0.29, 0.717) is 5.75 Å². The number of H-pyrrole nitrogens is 1. The van der Waals surface area contributed by atoms with Crippen LogP contribution in [0.2, 0.25) is 0 Å². The van der Waals surface area contributed by atoms with Gasteiger partial charge in [0.15, 0.2) is 0 Å². The molecule has 0 radical (unpaired) electrons. The topological polar surface area (TPSA) is 57.4 Å². The van der Waals surface area contributed by atoms with Crippen LogP contribution in [0, 0.1) is 6.92 Å². The number of carbonyl (C=O) groups is 1. The van der Waals surface area contributed by atoms with Gasteiger partial charge in [-0.05, 0) is 49.6 Å². The van der Waals surface area contributed by atoms with Crippen LogP contribution in [0.5, 0.6) is 5.75 Å². The number of amides is 1. The summed E-state index contributed by atoms with van der Waals surface area (Å²) < 4.78 is 5.38. The molecule has 5 nitrogen and oxygen atoms in total. The van der Waals surface area contributed by atoms with Gasteiger partial charge in [0.05, 0.1) is 18.8 Å². The Kier molecular flexibility index (Phi) is 5.41. The molecule has 1 amide bonds. The largest absolute Gasteiger partial charge is 0.495 e. The van der Waals surface area contributed by atoms with Gasteiger partial charge in [0.25, 0.3) is 0 Å². The van der Waals surface area contributed by atoms with Gasteiger partial charge < -0.3 is 15.0 Å². The van der Waals surface area contributed by atoms with Crippen LogP contribution < -0.4 is 10.1 Å². The second-order valence-corrected chi connectivity index (χ2v) is 7.59. The van der Waals surface area contributed by atoms with Crippen molar-refractivity contribution in [2.45, 2.75) is 26.3 Å². The van der Waals surface area contributed by atoms with Crippen LogP contribution in [0.1, 0.15) is 24.5 Å². The summed E-state index contributed by atoms with van der Waals surface area (Å²) >= 11 is 0. The predicted molar refractivity (Wildman–Crippen MR) is 118 cm³/mol. The third-order valence-corrected chi connectivity index (χ3v) is 5.72. The summed E-state index contributed by atoms with van der Waals surface area (Å²) in [6.07, 6.45) is 5.26. The van der Waals surface area contributed by atoms with Gasteiger partial charge in [-0.15, -0.1) is 0 Å². The summed E-state index contributed by atoms with van der Waals surface area (Å²) in [5.74, 6) is 0.661. The number of rotatable bonds is 5. The normalized spacial score (nSPS) is 15.8. The SMILES string of the molecule is COc1ccc(C)cc1NC(=O)[C@@H](C)N1CC=C(c2c[nH]c3ccccc23)CC1. The van der Waals surface area contributed by atoms with Gasteiger partial charge in [-0.2, -0.15) is 0 Å². The molecule has 1 atom stereocenters. The Balaban J connectivity index is 1.45. The van der Waals surface area contributed by atoms with E-state index in [2.05, 4.69) is 45.7 Å². The minimum atomic E-state index is -0.221. The lowest BCUT2D eigenvalue weighted by molar-refractivity contribution is -0.120. The maximum atomic E-state index is 12.8. The number of benzene rings is 2. The molecule has 0 saturated heterocycles. The molecule has 29 heavy (non-hydrogen) atoms. The number of nitrogens with zero attached hydrogens (tertiary/aromatic N) is 1. The van der Waals surface area contributed by atoms with Crippen LogP contribution in [-0.2, 0) is 4.79 Å². The first-order valence-electron chi connectivity index (χ1n) is 10.0. The van der Waals surface area contributed by atoms with Gasteiger partial charge in [0.1, 0.15) is 5.75 Å². The molecule has 4 rings (SSSR count). The molecule has 0 bridgehead atoms. The summed E-state index contributed by atoms with van der Waals surface area (Å²) in [5.41, 5.74) is 5.56. The Morgan fingerprint density at radius 2 is 2.07 bits per heavy atom. The molecule has 3 aromatic rings. The quantitative estimate of drug-likeness (QED) is 0.670. The van der Waals surface area contributed by atoms with Crippen molar-refractivity contribution in [1.29, 1.82) is 0 Å². The summed E-state index contributed by atoms with van der Waals surface area (Å²) in [7, 11) is 1.62. The highest BCUT2D eigenvalue weighted by Gasteiger charge is 2.24. The molecule has 2 heterocycles. The van der Waals surface area contributed by atoms with Gasteiger partial charge in [-0.1, -0.05) is 30.3 Å². The van der Waals surface area contributed by atoms with E-state index in [9.17, 15) is 4.79 Å². The van der Waals surface area contributed by atoms with Gasteiger partial charge in [-0.25, -0.2) is 0 Å². The van der Waals surface area contributed by atoms with Gasteiger partial charge in [0, 0.05) is 35.8 Å². The zero-order valence-electron chi connectivity index (χ0n) is 17.2. The minimum absolute atomic E-state index is 0.0159. The van der Waals surface area contributed by atoms with E-state index in [-0.39, 0.29) is 11.9 Å². The molecule has 1 aromatic heterocycles. The number of aryl methyl sites for hydroxylation is 1. The first-order chi connectivity index (χ1) is 14.1. The number of para-hydroxylation sites is 1. The fourth-order valence-corrected chi connectivity index (χ4v) is 3.94. The summed E-state index contributed by atoms with van der Waals surface area (Å²) in [6.45, 7) is 5.57. The molecule has 2 N–H and O–H groups in total. The number of methoxy groups -OCH3 is 1. The molecule has 0 spiro atoms. The highest BCUT2D eigenvalue weighted by molar-refractivity contribution is 5.96. The van der Waals surface area contributed by atoms with E-state index < -0.39 is 0 Å². The molecule has 150 valence electrons. The molecule has 5 heteroatoms. The number of nitrogens with one attached hydrogen (secondary N) is 2. The number of aromatic nitrogens is 1. The lowest BCUT2D eigenvalue weighted by Crippen LogP contribution is -2.44. The number of hydrogen-bond acceptors (Lipinski definition) is 3. The van der Waals surface area contributed by atoms with Crippen molar-refractivity contribution in [3.05, 3.63) is 65.9 Å². The standard InChI is InChI=1S/C24H27N3O2/c1-16-8-9-23(29-3)22(14-16)26-24(28)17(2)27-12-10-18(11-13-27)20-15-25-21-7-5-4-6-19(20)21/h4-10,14-15,17,25H,11-13H2,1-3H3,(H,26,28)/t17-/m1/s1. The first kappa shape index (κ1) is 19.3. The number of ether oxygens (including phenoxy) is 1. The van der Waals surface area contributed by atoms with Crippen LogP contribution in [0.15, 0.2) is 54.7 Å². The van der Waals surface area contributed by atoms with Crippen LogP contribution in [-0.4, -0.2) is 42.0 Å². The second-order valence-electron chi connectivity index (χ2n) is 7.59. The molecule has 2 aromatic carbocycles. The monoisotopic (exact) mass is 389 g/mol. The zero-order chi connectivity index (χ0) is 20.4. The predicted octanol–water partition coefficient (Wildman–Crippen LogP) is 4.60. The molecule has 1 aliphatic rings. The number of fused-ring (bicyclic) bond motifs is 1. The molecule has 1 aliphatic heterocycles. The van der Waals surface area contributed by atoms with E-state index in [1.807, 2.05) is 38.1 Å². The number of anilines is 1. The number of aromatic amines is 1. The molecular weight excluding hydrogens is 362 g/mol. The highest BCUT2D eigenvalue weighted by Crippen LogP contribution is 2.30. The van der Waals surface area contributed by atoms with Gasteiger partial charge in [0.2, 0.25) is 5.91 Å². The number of hydrogen-bond donors (Lipinski definition) is 2. The van der Waals surface area contributed by atoms with Crippen molar-refractivity contribution in [1.82, 2.24) is 9.88 Å². The van der Waals surface area contributed by atoms with Crippen LogP contribution in [0.3, 0.4) is 0 Å². The third kappa shape index (κ3) is 3.91. The van der Waals surface area contributed by atoms with E-state index in [1.165, 1.54) is 16.5 Å². The Bertz CT molecular complexity index is 1070. The average molecular weight is 389 g/mol. The second kappa shape index (κ2) is 8.13. The molecular formula is C24H27N3O2. The minimum Gasteiger partial charge on any atom is -0.495 e. The summed E-state index contributed by atoms with van der Waals surface area (Å²) in [4.78, 5) is 18.4. The average Bonchev–Trinajstić information content (AvgIpc) is 3.17. The summed E-state index contributed by atoms with van der Waals surface area (Å²) in [6, 6.07) is 13.9. The van der Waals surface area contributed by atoms with Gasteiger partial charge in [-0.3, -0.25) is 9.69 Å². The zero-order valence-corrected chi connectivity index (χ0v) is 17.2. The Hall–Kier alpha value is -3.05. The number of carbonyl (C=O) groups excluding carboxylic acids is 1. The third-order valence-electron chi connectivity index (χ3n) is 5.72. The van der Waals surface area contributed by atoms with E-state index >= 15 is 0 Å². The van der Waals surface area contributed by atoms with Crippen molar-refractivity contribution in [3.8, 4) is 5.75 Å². The Morgan fingerprint density at radius 3 is 2.83 bits per heavy atom. The van der Waals surface area contributed by atoms with Crippen molar-refractivity contribution in [2.75, 3.05) is 25.5 Å². The van der Waals surface area contributed by atoms with Crippen molar-refractivity contribution in [2.24, 2.45) is 0 Å². The van der Waals surface area contributed by atoms with Crippen LogP contribution >= 0.6 is 0 Å². The van der Waals surface area contributed by atoms with E-state index in [4.69, 9.17) is 4.74 Å². The van der Waals surface area contributed by atoms with Crippen LogP contribution in [0.25, 0.3) is 16.5 Å². The maximum Gasteiger partial charge on any atom is 0.241 e. The van der Waals surface area contributed by atoms with E-state index in [1.54, 1.807) is 7.11 Å².